The fourth-order valence-electron chi connectivity index (χ4n) is 2.54. The van der Waals surface area contributed by atoms with Crippen LogP contribution in [-0.4, -0.2) is 12.1 Å². The first-order valence-corrected chi connectivity index (χ1v) is 5.88. The van der Waals surface area contributed by atoms with E-state index in [1.54, 1.807) is 0 Å². The van der Waals surface area contributed by atoms with Crippen molar-refractivity contribution >= 4 is 6.47 Å². The Bertz CT molecular complexity index is 211. The van der Waals surface area contributed by atoms with E-state index in [1.165, 1.54) is 19.3 Å². The highest BCUT2D eigenvalue weighted by Crippen LogP contribution is 2.44. The third kappa shape index (κ3) is 2.53. The van der Waals surface area contributed by atoms with Crippen LogP contribution in [0.15, 0.2) is 0 Å². The quantitative estimate of drug-likeness (QED) is 0.669. The van der Waals surface area contributed by atoms with E-state index in [0.29, 0.717) is 12.4 Å². The van der Waals surface area contributed by atoms with Crippen molar-refractivity contribution in [3.8, 4) is 0 Å². The SMILES string of the molecule is [CH2]C(OC=O)(C1CCCCC1)C(C)(C)C. The molecule has 1 fully saturated rings. The second-order valence-corrected chi connectivity index (χ2v) is 5.69. The van der Waals surface area contributed by atoms with Gasteiger partial charge in [-0.2, -0.15) is 0 Å². The summed E-state index contributed by atoms with van der Waals surface area (Å²) in [4.78, 5) is 10.6. The fourth-order valence-corrected chi connectivity index (χ4v) is 2.54. The van der Waals surface area contributed by atoms with E-state index in [4.69, 9.17) is 4.74 Å². The number of rotatable bonds is 3. The van der Waals surface area contributed by atoms with Gasteiger partial charge < -0.3 is 4.74 Å². The summed E-state index contributed by atoms with van der Waals surface area (Å²) in [5, 5.41) is 0. The molecule has 0 N–H and O–H groups in total. The maximum absolute atomic E-state index is 10.6. The van der Waals surface area contributed by atoms with Gasteiger partial charge in [0, 0.05) is 5.41 Å². The van der Waals surface area contributed by atoms with E-state index < -0.39 is 5.60 Å². The van der Waals surface area contributed by atoms with E-state index in [-0.39, 0.29) is 5.41 Å². The van der Waals surface area contributed by atoms with Crippen LogP contribution in [0.1, 0.15) is 52.9 Å². The molecule has 1 aliphatic carbocycles. The first-order valence-electron chi connectivity index (χ1n) is 5.88. The summed E-state index contributed by atoms with van der Waals surface area (Å²) in [5.74, 6) is 0.413. The molecule has 0 spiro atoms. The number of carbonyl (C=O) groups excluding carboxylic acids is 1. The smallest absolute Gasteiger partial charge is 0.293 e. The number of carbonyl (C=O) groups is 1. The molecule has 1 unspecified atom stereocenters. The van der Waals surface area contributed by atoms with Crippen molar-refractivity contribution in [1.82, 2.24) is 0 Å². The summed E-state index contributed by atoms with van der Waals surface area (Å²) in [6.07, 6.45) is 6.04. The maximum Gasteiger partial charge on any atom is 0.293 e. The standard InChI is InChI=1S/C13H23O2/c1-12(2,3)13(4,15-10-14)11-8-6-5-7-9-11/h10-11H,4-9H2,1-3H3. The molecule has 0 heterocycles. The van der Waals surface area contributed by atoms with Crippen LogP contribution in [0.5, 0.6) is 0 Å². The second-order valence-electron chi connectivity index (χ2n) is 5.69. The lowest BCUT2D eigenvalue weighted by atomic mass is 9.65. The van der Waals surface area contributed by atoms with E-state index in [0.717, 1.165) is 12.8 Å². The number of hydrogen-bond donors (Lipinski definition) is 0. The van der Waals surface area contributed by atoms with Crippen molar-refractivity contribution in [2.75, 3.05) is 0 Å². The highest BCUT2D eigenvalue weighted by atomic mass is 16.5. The van der Waals surface area contributed by atoms with Crippen molar-refractivity contribution in [2.24, 2.45) is 11.3 Å². The van der Waals surface area contributed by atoms with Crippen LogP contribution in [0.4, 0.5) is 0 Å². The van der Waals surface area contributed by atoms with Gasteiger partial charge in [-0.15, -0.1) is 0 Å². The highest BCUT2D eigenvalue weighted by Gasteiger charge is 2.46. The Kier molecular flexibility index (Phi) is 3.80. The molecule has 1 rings (SSSR count). The molecule has 0 aromatic rings. The van der Waals surface area contributed by atoms with Gasteiger partial charge in [0.1, 0.15) is 5.60 Å². The average Bonchev–Trinajstić information content (AvgIpc) is 2.18. The van der Waals surface area contributed by atoms with Crippen LogP contribution in [0.25, 0.3) is 0 Å². The van der Waals surface area contributed by atoms with E-state index in [1.807, 2.05) is 0 Å². The summed E-state index contributed by atoms with van der Waals surface area (Å²) in [6, 6.07) is 0. The van der Waals surface area contributed by atoms with Crippen LogP contribution in [-0.2, 0) is 9.53 Å². The Morgan fingerprint density at radius 2 is 1.73 bits per heavy atom. The molecule has 0 amide bonds. The lowest BCUT2D eigenvalue weighted by molar-refractivity contribution is -0.160. The van der Waals surface area contributed by atoms with Gasteiger partial charge in [-0.05, 0) is 25.7 Å². The molecule has 15 heavy (non-hydrogen) atoms. The minimum atomic E-state index is -0.560. The highest BCUT2D eigenvalue weighted by molar-refractivity contribution is 5.39. The summed E-state index contributed by atoms with van der Waals surface area (Å²) in [5.41, 5.74) is -0.662. The zero-order valence-corrected chi connectivity index (χ0v) is 10.2. The molecule has 2 nitrogen and oxygen atoms in total. The van der Waals surface area contributed by atoms with E-state index in [9.17, 15) is 4.79 Å². The first kappa shape index (κ1) is 12.5. The van der Waals surface area contributed by atoms with Gasteiger partial charge in [-0.3, -0.25) is 4.79 Å². The Morgan fingerprint density at radius 3 is 2.13 bits per heavy atom. The lowest BCUT2D eigenvalue weighted by Crippen LogP contribution is -2.49. The zero-order valence-electron chi connectivity index (χ0n) is 10.2. The molecule has 87 valence electrons. The molecule has 0 bridgehead atoms. The molecule has 1 aliphatic rings. The van der Waals surface area contributed by atoms with Gasteiger partial charge in [-0.1, -0.05) is 40.0 Å². The van der Waals surface area contributed by atoms with Crippen LogP contribution < -0.4 is 0 Å². The Hall–Kier alpha value is -0.530. The van der Waals surface area contributed by atoms with Gasteiger partial charge in [0.05, 0.1) is 0 Å². The predicted octanol–water partition coefficient (Wildman–Crippen LogP) is 3.36. The third-order valence-corrected chi connectivity index (χ3v) is 3.79. The van der Waals surface area contributed by atoms with Gasteiger partial charge in [0.15, 0.2) is 0 Å². The molecule has 0 aromatic heterocycles. The summed E-state index contributed by atoms with van der Waals surface area (Å²) in [7, 11) is 0. The third-order valence-electron chi connectivity index (χ3n) is 3.79. The summed E-state index contributed by atoms with van der Waals surface area (Å²) < 4.78 is 5.34. The minimum absolute atomic E-state index is 0.101. The maximum atomic E-state index is 10.6. The van der Waals surface area contributed by atoms with E-state index >= 15 is 0 Å². The monoisotopic (exact) mass is 211 g/mol. The second kappa shape index (κ2) is 4.54. The molecule has 0 aromatic carbocycles. The summed E-state index contributed by atoms with van der Waals surface area (Å²) >= 11 is 0. The van der Waals surface area contributed by atoms with Crippen LogP contribution in [0.2, 0.25) is 0 Å². The van der Waals surface area contributed by atoms with Crippen molar-refractivity contribution in [3.05, 3.63) is 6.92 Å². The van der Waals surface area contributed by atoms with Crippen LogP contribution in [0.3, 0.4) is 0 Å². The Labute approximate surface area is 93.4 Å². The molecule has 1 atom stereocenters. The predicted molar refractivity (Wildman–Crippen MR) is 61.3 cm³/mol. The van der Waals surface area contributed by atoms with Crippen molar-refractivity contribution in [2.45, 2.75) is 58.5 Å². The Morgan fingerprint density at radius 1 is 1.20 bits per heavy atom. The largest absolute Gasteiger partial charge is 0.460 e. The van der Waals surface area contributed by atoms with Crippen LogP contribution >= 0.6 is 0 Å². The number of hydrogen-bond acceptors (Lipinski definition) is 2. The number of ether oxygens (including phenoxy) is 1. The molecule has 0 aliphatic heterocycles. The molecule has 1 radical (unpaired) electrons. The zero-order chi connectivity index (χ0) is 11.5. The fraction of sp³-hybridized carbons (Fsp3) is 0.846. The molecular formula is C13H23O2. The van der Waals surface area contributed by atoms with E-state index in [2.05, 4.69) is 27.7 Å². The molecule has 0 saturated heterocycles. The molecule has 1 saturated carbocycles. The van der Waals surface area contributed by atoms with Crippen molar-refractivity contribution in [1.29, 1.82) is 0 Å². The van der Waals surface area contributed by atoms with Gasteiger partial charge in [0.2, 0.25) is 0 Å². The van der Waals surface area contributed by atoms with Gasteiger partial charge in [0.25, 0.3) is 6.47 Å². The van der Waals surface area contributed by atoms with Crippen molar-refractivity contribution in [3.63, 3.8) is 0 Å². The normalized spacial score (nSPS) is 23.2. The minimum Gasteiger partial charge on any atom is -0.460 e. The van der Waals surface area contributed by atoms with Crippen LogP contribution in [0, 0.1) is 18.3 Å². The first-order chi connectivity index (χ1) is 6.92. The van der Waals surface area contributed by atoms with Crippen molar-refractivity contribution < 1.29 is 9.53 Å². The topological polar surface area (TPSA) is 26.3 Å². The summed E-state index contributed by atoms with van der Waals surface area (Å²) in [6.45, 7) is 11.0. The average molecular weight is 211 g/mol. The molecular weight excluding hydrogens is 188 g/mol. The Balaban J connectivity index is 2.83. The van der Waals surface area contributed by atoms with Gasteiger partial charge in [-0.25, -0.2) is 0 Å². The lowest BCUT2D eigenvalue weighted by Gasteiger charge is -2.47. The molecule has 2 heteroatoms. The van der Waals surface area contributed by atoms with Gasteiger partial charge >= 0.3 is 0 Å².